The van der Waals surface area contributed by atoms with Gasteiger partial charge in [-0.25, -0.2) is 0 Å². The largest absolute Gasteiger partial charge is 0.462 e. The number of carbonyl (C=O) groups excluding carboxylic acids is 3. The third kappa shape index (κ3) is 36.7. The van der Waals surface area contributed by atoms with Gasteiger partial charge >= 0.3 is 17.9 Å². The van der Waals surface area contributed by atoms with Crippen molar-refractivity contribution in [3.63, 3.8) is 0 Å². The lowest BCUT2D eigenvalue weighted by Crippen LogP contribution is -2.30. The summed E-state index contributed by atoms with van der Waals surface area (Å²) in [5, 5.41) is 0. The van der Waals surface area contributed by atoms with E-state index >= 15 is 0 Å². The van der Waals surface area contributed by atoms with Gasteiger partial charge in [-0.1, -0.05) is 154 Å². The SMILES string of the molecule is CC/C=C\C/C=C\CCCCCCCC(=O)OCC(COC(=O)CCC/C=C\CCCCCC)OC(=O)CCCCCCCCCCCC. The Morgan fingerprint density at radius 3 is 1.35 bits per heavy atom. The van der Waals surface area contributed by atoms with Gasteiger partial charge in [0.25, 0.3) is 0 Å². The van der Waals surface area contributed by atoms with Gasteiger partial charge in [-0.3, -0.25) is 14.4 Å². The summed E-state index contributed by atoms with van der Waals surface area (Å²) in [4.78, 5) is 37.4. The normalized spacial score (nSPS) is 12.3. The topological polar surface area (TPSA) is 78.9 Å². The highest BCUT2D eigenvalue weighted by Gasteiger charge is 2.19. The van der Waals surface area contributed by atoms with Crippen molar-refractivity contribution in [2.24, 2.45) is 0 Å². The van der Waals surface area contributed by atoms with E-state index in [-0.39, 0.29) is 31.1 Å². The van der Waals surface area contributed by atoms with Gasteiger partial charge in [-0.15, -0.1) is 0 Å². The van der Waals surface area contributed by atoms with Crippen molar-refractivity contribution in [1.82, 2.24) is 0 Å². The van der Waals surface area contributed by atoms with Crippen LogP contribution in [0, 0.1) is 0 Å². The molecule has 0 bridgehead atoms. The van der Waals surface area contributed by atoms with Crippen LogP contribution < -0.4 is 0 Å². The van der Waals surface area contributed by atoms with Crippen LogP contribution in [0.2, 0.25) is 0 Å². The number of hydrogen-bond donors (Lipinski definition) is 0. The Kier molecular flexibility index (Phi) is 36.6. The Balaban J connectivity index is 4.41. The Morgan fingerprint density at radius 1 is 0.429 bits per heavy atom. The summed E-state index contributed by atoms with van der Waals surface area (Å²) < 4.78 is 16.6. The van der Waals surface area contributed by atoms with Crippen LogP contribution in [-0.2, 0) is 28.6 Å². The van der Waals surface area contributed by atoms with Gasteiger partial charge in [0, 0.05) is 19.3 Å². The second kappa shape index (κ2) is 38.4. The Bertz CT molecular complexity index is 845. The molecule has 0 amide bonds. The van der Waals surface area contributed by atoms with Crippen LogP contribution in [0.1, 0.15) is 201 Å². The van der Waals surface area contributed by atoms with Gasteiger partial charge in [0.1, 0.15) is 13.2 Å². The van der Waals surface area contributed by atoms with Crippen LogP contribution in [0.3, 0.4) is 0 Å². The number of allylic oxidation sites excluding steroid dienone is 6. The van der Waals surface area contributed by atoms with Crippen molar-refractivity contribution in [2.45, 2.75) is 207 Å². The summed E-state index contributed by atoms with van der Waals surface area (Å²) >= 11 is 0. The molecule has 0 rings (SSSR count). The summed E-state index contributed by atoms with van der Waals surface area (Å²) in [6.07, 6.45) is 41.4. The van der Waals surface area contributed by atoms with Crippen LogP contribution in [0.15, 0.2) is 36.5 Å². The molecule has 49 heavy (non-hydrogen) atoms. The molecule has 6 nitrogen and oxygen atoms in total. The molecular formula is C43H76O6. The van der Waals surface area contributed by atoms with Gasteiger partial charge in [0.15, 0.2) is 6.10 Å². The van der Waals surface area contributed by atoms with Gasteiger partial charge in [0.05, 0.1) is 0 Å². The molecule has 284 valence electrons. The Labute approximate surface area is 302 Å². The van der Waals surface area contributed by atoms with E-state index in [0.717, 1.165) is 83.5 Å². The molecule has 0 N–H and O–H groups in total. The Morgan fingerprint density at radius 2 is 0.816 bits per heavy atom. The van der Waals surface area contributed by atoms with Crippen LogP contribution in [-0.4, -0.2) is 37.2 Å². The number of esters is 3. The first kappa shape index (κ1) is 46.6. The molecule has 0 aromatic carbocycles. The maximum Gasteiger partial charge on any atom is 0.306 e. The van der Waals surface area contributed by atoms with Crippen molar-refractivity contribution < 1.29 is 28.6 Å². The first-order valence-corrected chi connectivity index (χ1v) is 20.5. The van der Waals surface area contributed by atoms with Gasteiger partial charge < -0.3 is 14.2 Å². The lowest BCUT2D eigenvalue weighted by Gasteiger charge is -2.18. The van der Waals surface area contributed by atoms with E-state index in [1.807, 2.05) is 0 Å². The Hall–Kier alpha value is -2.37. The molecule has 0 aliphatic heterocycles. The van der Waals surface area contributed by atoms with Crippen molar-refractivity contribution in [3.05, 3.63) is 36.5 Å². The summed E-state index contributed by atoms with van der Waals surface area (Å²) in [6, 6.07) is 0. The highest BCUT2D eigenvalue weighted by Crippen LogP contribution is 2.13. The molecule has 1 unspecified atom stereocenters. The fourth-order valence-corrected chi connectivity index (χ4v) is 5.54. The standard InChI is InChI=1S/C43H76O6/c1-4-7-10-13-16-19-21-22-25-27-30-33-36-42(45)48-39-40(38-47-41(44)35-32-29-26-23-18-15-12-9-6-3)49-43(46)37-34-31-28-24-20-17-14-11-8-5-2/h7,10,16,19,23,26,40H,4-6,8-9,11-15,17-18,20-22,24-25,27-39H2,1-3H3/b10-7-,19-16-,26-23-. The number of unbranched alkanes of at least 4 members (excludes halogenated alkanes) is 19. The summed E-state index contributed by atoms with van der Waals surface area (Å²) in [5.74, 6) is -0.943. The molecule has 0 heterocycles. The zero-order valence-corrected chi connectivity index (χ0v) is 32.2. The molecule has 0 saturated heterocycles. The first-order valence-electron chi connectivity index (χ1n) is 20.5. The van der Waals surface area contributed by atoms with Crippen LogP contribution >= 0.6 is 0 Å². The van der Waals surface area contributed by atoms with Gasteiger partial charge in [-0.2, -0.15) is 0 Å². The molecule has 0 radical (unpaired) electrons. The average Bonchev–Trinajstić information content (AvgIpc) is 3.10. The second-order valence-electron chi connectivity index (χ2n) is 13.5. The minimum absolute atomic E-state index is 0.0869. The van der Waals surface area contributed by atoms with Crippen molar-refractivity contribution in [2.75, 3.05) is 13.2 Å². The van der Waals surface area contributed by atoms with Crippen LogP contribution in [0.25, 0.3) is 0 Å². The van der Waals surface area contributed by atoms with E-state index in [9.17, 15) is 14.4 Å². The lowest BCUT2D eigenvalue weighted by molar-refractivity contribution is -0.167. The highest BCUT2D eigenvalue weighted by atomic mass is 16.6. The fourth-order valence-electron chi connectivity index (χ4n) is 5.54. The molecule has 6 heteroatoms. The highest BCUT2D eigenvalue weighted by molar-refractivity contribution is 5.71. The number of rotatable bonds is 36. The third-order valence-electron chi connectivity index (χ3n) is 8.63. The third-order valence-corrected chi connectivity index (χ3v) is 8.63. The van der Waals surface area contributed by atoms with Crippen LogP contribution in [0.5, 0.6) is 0 Å². The average molecular weight is 689 g/mol. The predicted octanol–water partition coefficient (Wildman–Crippen LogP) is 12.6. The predicted molar refractivity (Wildman–Crippen MR) is 206 cm³/mol. The van der Waals surface area contributed by atoms with E-state index < -0.39 is 6.10 Å². The summed E-state index contributed by atoms with van der Waals surface area (Å²) in [7, 11) is 0. The smallest absolute Gasteiger partial charge is 0.306 e. The molecule has 0 aromatic heterocycles. The lowest BCUT2D eigenvalue weighted by atomic mass is 10.1. The van der Waals surface area contributed by atoms with E-state index in [0.29, 0.717) is 19.3 Å². The monoisotopic (exact) mass is 689 g/mol. The fraction of sp³-hybridized carbons (Fsp3) is 0.791. The quantitative estimate of drug-likeness (QED) is 0.0282. The molecule has 0 fully saturated rings. The van der Waals surface area contributed by atoms with Crippen molar-refractivity contribution in [1.29, 1.82) is 0 Å². The van der Waals surface area contributed by atoms with E-state index in [1.54, 1.807) is 0 Å². The zero-order valence-electron chi connectivity index (χ0n) is 32.2. The minimum atomic E-state index is -0.781. The molecule has 0 aliphatic carbocycles. The molecule has 0 spiro atoms. The number of carbonyl (C=O) groups is 3. The number of hydrogen-bond acceptors (Lipinski definition) is 6. The van der Waals surface area contributed by atoms with Crippen molar-refractivity contribution >= 4 is 17.9 Å². The zero-order chi connectivity index (χ0) is 35.9. The number of ether oxygens (including phenoxy) is 3. The van der Waals surface area contributed by atoms with E-state index in [4.69, 9.17) is 14.2 Å². The second-order valence-corrected chi connectivity index (χ2v) is 13.5. The van der Waals surface area contributed by atoms with Crippen LogP contribution in [0.4, 0.5) is 0 Å². The molecule has 0 aromatic rings. The summed E-state index contributed by atoms with van der Waals surface area (Å²) in [6.45, 7) is 6.42. The van der Waals surface area contributed by atoms with Crippen molar-refractivity contribution in [3.8, 4) is 0 Å². The molecule has 1 atom stereocenters. The molecule has 0 aliphatic rings. The maximum atomic E-state index is 12.6. The minimum Gasteiger partial charge on any atom is -0.462 e. The van der Waals surface area contributed by atoms with E-state index in [2.05, 4.69) is 57.2 Å². The molecular weight excluding hydrogens is 612 g/mol. The van der Waals surface area contributed by atoms with Gasteiger partial charge in [0.2, 0.25) is 0 Å². The van der Waals surface area contributed by atoms with Gasteiger partial charge in [-0.05, 0) is 64.2 Å². The first-order chi connectivity index (χ1) is 24.0. The van der Waals surface area contributed by atoms with E-state index in [1.165, 1.54) is 77.0 Å². The molecule has 0 saturated carbocycles. The summed E-state index contributed by atoms with van der Waals surface area (Å²) in [5.41, 5.74) is 0. The maximum absolute atomic E-state index is 12.6.